The maximum Gasteiger partial charge on any atom is 0.220 e. The molecule has 4 heteroatoms. The van der Waals surface area contributed by atoms with Crippen LogP contribution >= 0.6 is 0 Å². The van der Waals surface area contributed by atoms with Crippen molar-refractivity contribution in [3.63, 3.8) is 0 Å². The number of hydrogen-bond acceptors (Lipinski definition) is 2. The van der Waals surface area contributed by atoms with E-state index in [4.69, 9.17) is 0 Å². The van der Waals surface area contributed by atoms with E-state index in [-0.39, 0.29) is 23.9 Å². The van der Waals surface area contributed by atoms with Crippen molar-refractivity contribution >= 4 is 11.8 Å². The molecular weight excluding hydrogens is 420 g/mol. The molecule has 0 bridgehead atoms. The van der Waals surface area contributed by atoms with Crippen LogP contribution in [0, 0.1) is 0 Å². The molecule has 0 aromatic heterocycles. The van der Waals surface area contributed by atoms with Crippen LogP contribution in [0.1, 0.15) is 168 Å². The summed E-state index contributed by atoms with van der Waals surface area (Å²) in [5.41, 5.74) is 0. The van der Waals surface area contributed by atoms with Gasteiger partial charge in [-0.15, -0.1) is 0 Å². The standard InChI is InChI=1S/C30H58N2O2/c1-3-5-7-9-11-13-15-17-19-24-29(33)31-27-22-21-23-28(26-27)32-30(34)25-20-18-16-14-12-10-8-6-4-2/h27-28H,3-26H2,1-2H3,(H,31,33)(H,32,34). The molecular formula is C30H58N2O2. The lowest BCUT2D eigenvalue weighted by Crippen LogP contribution is -2.45. The minimum absolute atomic E-state index is 0.203. The highest BCUT2D eigenvalue weighted by Gasteiger charge is 2.24. The molecule has 34 heavy (non-hydrogen) atoms. The first kappa shape index (κ1) is 31.0. The average Bonchev–Trinajstić information content (AvgIpc) is 2.82. The normalized spacial score (nSPS) is 18.1. The quantitative estimate of drug-likeness (QED) is 0.154. The molecule has 2 unspecified atom stereocenters. The summed E-state index contributed by atoms with van der Waals surface area (Å²) in [7, 11) is 0. The molecule has 2 atom stereocenters. The van der Waals surface area contributed by atoms with Crippen LogP contribution in [0.3, 0.4) is 0 Å². The third kappa shape index (κ3) is 18.3. The van der Waals surface area contributed by atoms with Crippen LogP contribution in [0.4, 0.5) is 0 Å². The lowest BCUT2D eigenvalue weighted by molar-refractivity contribution is -0.122. The van der Waals surface area contributed by atoms with Crippen LogP contribution in [-0.2, 0) is 9.59 Å². The second-order valence-electron chi connectivity index (χ2n) is 10.9. The topological polar surface area (TPSA) is 58.2 Å². The molecule has 0 aromatic rings. The van der Waals surface area contributed by atoms with Crippen LogP contribution in [0.25, 0.3) is 0 Å². The van der Waals surface area contributed by atoms with E-state index in [1.807, 2.05) is 0 Å². The van der Waals surface area contributed by atoms with Gasteiger partial charge in [0.2, 0.25) is 11.8 Å². The fraction of sp³-hybridized carbons (Fsp3) is 0.933. The first-order chi connectivity index (χ1) is 16.7. The van der Waals surface area contributed by atoms with Gasteiger partial charge in [0, 0.05) is 24.9 Å². The molecule has 0 aromatic carbocycles. The Hall–Kier alpha value is -1.06. The van der Waals surface area contributed by atoms with E-state index < -0.39 is 0 Å². The summed E-state index contributed by atoms with van der Waals surface area (Å²) in [4.78, 5) is 24.7. The predicted molar refractivity (Wildman–Crippen MR) is 146 cm³/mol. The van der Waals surface area contributed by atoms with Gasteiger partial charge in [-0.25, -0.2) is 0 Å². The van der Waals surface area contributed by atoms with E-state index >= 15 is 0 Å². The third-order valence-electron chi connectivity index (χ3n) is 7.42. The van der Waals surface area contributed by atoms with E-state index in [0.29, 0.717) is 12.8 Å². The molecule has 2 N–H and O–H groups in total. The lowest BCUT2D eigenvalue weighted by Gasteiger charge is -2.30. The molecule has 4 nitrogen and oxygen atoms in total. The van der Waals surface area contributed by atoms with Crippen molar-refractivity contribution in [1.82, 2.24) is 10.6 Å². The molecule has 0 aliphatic heterocycles. The highest BCUT2D eigenvalue weighted by molar-refractivity contribution is 5.77. The van der Waals surface area contributed by atoms with Gasteiger partial charge in [0.05, 0.1) is 0 Å². The highest BCUT2D eigenvalue weighted by Crippen LogP contribution is 2.20. The Bertz CT molecular complexity index is 452. The summed E-state index contributed by atoms with van der Waals surface area (Å²) >= 11 is 0. The highest BCUT2D eigenvalue weighted by atomic mass is 16.2. The van der Waals surface area contributed by atoms with Gasteiger partial charge in [-0.05, 0) is 38.5 Å². The van der Waals surface area contributed by atoms with Gasteiger partial charge in [0.1, 0.15) is 0 Å². The largest absolute Gasteiger partial charge is 0.353 e. The Kier molecular flexibility index (Phi) is 20.4. The van der Waals surface area contributed by atoms with Crippen molar-refractivity contribution in [2.75, 3.05) is 0 Å². The minimum atomic E-state index is 0.203. The molecule has 0 saturated heterocycles. The maximum atomic E-state index is 12.3. The number of carbonyl (C=O) groups excluding carboxylic acids is 2. The molecule has 0 spiro atoms. The van der Waals surface area contributed by atoms with Gasteiger partial charge < -0.3 is 10.6 Å². The number of rotatable bonds is 22. The zero-order valence-corrected chi connectivity index (χ0v) is 22.9. The van der Waals surface area contributed by atoms with Crippen molar-refractivity contribution in [3.05, 3.63) is 0 Å². The number of nitrogens with one attached hydrogen (secondary N) is 2. The van der Waals surface area contributed by atoms with Crippen LogP contribution in [0.2, 0.25) is 0 Å². The number of carbonyl (C=O) groups is 2. The van der Waals surface area contributed by atoms with Crippen molar-refractivity contribution in [2.45, 2.75) is 180 Å². The zero-order chi connectivity index (χ0) is 24.7. The molecule has 1 rings (SSSR count). The molecule has 1 aliphatic rings. The van der Waals surface area contributed by atoms with E-state index in [9.17, 15) is 9.59 Å². The zero-order valence-electron chi connectivity index (χ0n) is 22.9. The van der Waals surface area contributed by atoms with Crippen molar-refractivity contribution in [3.8, 4) is 0 Å². The summed E-state index contributed by atoms with van der Waals surface area (Å²) in [6.45, 7) is 4.52. The fourth-order valence-electron chi connectivity index (χ4n) is 5.24. The number of amides is 2. The Morgan fingerprint density at radius 1 is 0.529 bits per heavy atom. The fourth-order valence-corrected chi connectivity index (χ4v) is 5.24. The molecule has 0 radical (unpaired) electrons. The Labute approximate surface area is 212 Å². The van der Waals surface area contributed by atoms with Crippen LogP contribution in [-0.4, -0.2) is 23.9 Å². The molecule has 1 aliphatic carbocycles. The van der Waals surface area contributed by atoms with Gasteiger partial charge in [-0.2, -0.15) is 0 Å². The molecule has 1 fully saturated rings. The summed E-state index contributed by atoms with van der Waals surface area (Å²) in [6, 6.07) is 0.468. The van der Waals surface area contributed by atoms with E-state index in [2.05, 4.69) is 24.5 Å². The Morgan fingerprint density at radius 3 is 1.21 bits per heavy atom. The third-order valence-corrected chi connectivity index (χ3v) is 7.42. The maximum absolute atomic E-state index is 12.3. The Morgan fingerprint density at radius 2 is 0.853 bits per heavy atom. The summed E-state index contributed by atoms with van der Waals surface area (Å²) < 4.78 is 0. The summed E-state index contributed by atoms with van der Waals surface area (Å²) in [5, 5.41) is 6.48. The first-order valence-electron chi connectivity index (χ1n) is 15.2. The summed E-state index contributed by atoms with van der Waals surface area (Å²) in [5.74, 6) is 0.407. The molecule has 2 amide bonds. The van der Waals surface area contributed by atoms with Crippen molar-refractivity contribution in [2.24, 2.45) is 0 Å². The summed E-state index contributed by atoms with van der Waals surface area (Å²) in [6.07, 6.45) is 28.4. The van der Waals surface area contributed by atoms with Gasteiger partial charge in [0.25, 0.3) is 0 Å². The van der Waals surface area contributed by atoms with E-state index in [1.165, 1.54) is 103 Å². The van der Waals surface area contributed by atoms with Gasteiger partial charge >= 0.3 is 0 Å². The molecule has 0 heterocycles. The Balaban J connectivity index is 2.01. The average molecular weight is 479 g/mol. The molecule has 1 saturated carbocycles. The van der Waals surface area contributed by atoms with Crippen LogP contribution < -0.4 is 10.6 Å². The SMILES string of the molecule is CCCCCCCCCCCC(=O)NC1CCCC(NC(=O)CCCCCCCCCCC)C1. The number of hydrogen-bond donors (Lipinski definition) is 2. The van der Waals surface area contributed by atoms with Gasteiger partial charge in [-0.3, -0.25) is 9.59 Å². The number of unbranched alkanes of at least 4 members (excludes halogenated alkanes) is 16. The van der Waals surface area contributed by atoms with Crippen LogP contribution in [0.15, 0.2) is 0 Å². The van der Waals surface area contributed by atoms with Gasteiger partial charge in [0.15, 0.2) is 0 Å². The van der Waals surface area contributed by atoms with Gasteiger partial charge in [-0.1, -0.05) is 117 Å². The molecule has 200 valence electrons. The predicted octanol–water partition coefficient (Wildman–Crippen LogP) is 8.37. The lowest BCUT2D eigenvalue weighted by atomic mass is 9.90. The minimum Gasteiger partial charge on any atom is -0.353 e. The van der Waals surface area contributed by atoms with Crippen molar-refractivity contribution < 1.29 is 9.59 Å². The van der Waals surface area contributed by atoms with E-state index in [1.54, 1.807) is 0 Å². The second kappa shape index (κ2) is 22.4. The first-order valence-corrected chi connectivity index (χ1v) is 15.2. The van der Waals surface area contributed by atoms with Crippen LogP contribution in [0.5, 0.6) is 0 Å². The van der Waals surface area contributed by atoms with E-state index in [0.717, 1.165) is 38.5 Å². The van der Waals surface area contributed by atoms with Crippen molar-refractivity contribution in [1.29, 1.82) is 0 Å². The monoisotopic (exact) mass is 478 g/mol. The second-order valence-corrected chi connectivity index (χ2v) is 10.9. The smallest absolute Gasteiger partial charge is 0.220 e.